The molecule has 1 aromatic carbocycles. The molecule has 2 atom stereocenters. The summed E-state index contributed by atoms with van der Waals surface area (Å²) in [5, 5.41) is 3.14. The van der Waals surface area contributed by atoms with E-state index in [-0.39, 0.29) is 17.0 Å². The Morgan fingerprint density at radius 2 is 2.10 bits per heavy atom. The molecule has 0 radical (unpaired) electrons. The van der Waals surface area contributed by atoms with Gasteiger partial charge < -0.3 is 10.1 Å². The number of amides is 1. The third-order valence-corrected chi connectivity index (χ3v) is 5.29. The summed E-state index contributed by atoms with van der Waals surface area (Å²) in [6.45, 7) is 2.51. The van der Waals surface area contributed by atoms with E-state index in [1.807, 2.05) is 6.92 Å². The van der Waals surface area contributed by atoms with Gasteiger partial charge in [-0.3, -0.25) is 4.79 Å². The molecule has 0 spiro atoms. The van der Waals surface area contributed by atoms with Crippen molar-refractivity contribution in [3.63, 3.8) is 0 Å². The lowest BCUT2D eigenvalue weighted by molar-refractivity contribution is -0.120. The molecule has 1 fully saturated rings. The zero-order valence-corrected chi connectivity index (χ0v) is 13.3. The molecule has 0 saturated carbocycles. The molecule has 1 N–H and O–H groups in total. The molecule has 0 unspecified atom stereocenters. The number of rotatable bonds is 5. The molecule has 0 bridgehead atoms. The summed E-state index contributed by atoms with van der Waals surface area (Å²) in [4.78, 5) is 12.0. The Morgan fingerprint density at radius 3 is 2.67 bits per heavy atom. The number of nitrogens with one attached hydrogen (secondary N) is 1. The van der Waals surface area contributed by atoms with Crippen molar-refractivity contribution in [3.05, 3.63) is 29.3 Å². The molecule has 2 rings (SSSR count). The molecule has 21 heavy (non-hydrogen) atoms. The fourth-order valence-electron chi connectivity index (χ4n) is 2.28. The van der Waals surface area contributed by atoms with Crippen molar-refractivity contribution in [1.29, 1.82) is 0 Å². The van der Waals surface area contributed by atoms with E-state index >= 15 is 0 Å². The Bertz CT molecular complexity index is 594. The first-order valence-electron chi connectivity index (χ1n) is 6.78. The van der Waals surface area contributed by atoms with E-state index in [0.717, 1.165) is 12.8 Å². The maximum Gasteiger partial charge on any atom is 0.235 e. The van der Waals surface area contributed by atoms with Crippen molar-refractivity contribution in [3.8, 4) is 0 Å². The molecule has 1 saturated heterocycles. The topological polar surface area (TPSA) is 72.5 Å². The van der Waals surface area contributed by atoms with Crippen molar-refractivity contribution in [2.75, 3.05) is 12.4 Å². The first kappa shape index (κ1) is 16.3. The molecule has 0 aliphatic carbocycles. The van der Waals surface area contributed by atoms with Crippen LogP contribution in [0.5, 0.6) is 0 Å². The van der Waals surface area contributed by atoms with Gasteiger partial charge in [-0.1, -0.05) is 11.6 Å². The summed E-state index contributed by atoms with van der Waals surface area (Å²) >= 11 is 5.72. The SMILES string of the molecule is C[C@@H](NC(=O)CS(=O)(=O)c1ccc(Cl)cc1)[C@@H]1CCCO1. The van der Waals surface area contributed by atoms with Gasteiger partial charge in [0.05, 0.1) is 17.0 Å². The first-order valence-corrected chi connectivity index (χ1v) is 8.81. The van der Waals surface area contributed by atoms with Gasteiger partial charge in [-0.2, -0.15) is 0 Å². The Morgan fingerprint density at radius 1 is 1.43 bits per heavy atom. The van der Waals surface area contributed by atoms with Crippen LogP contribution in [0.25, 0.3) is 0 Å². The van der Waals surface area contributed by atoms with E-state index in [1.54, 1.807) is 0 Å². The van der Waals surface area contributed by atoms with Crippen LogP contribution in [0.4, 0.5) is 0 Å². The van der Waals surface area contributed by atoms with Crippen LogP contribution in [0.15, 0.2) is 29.2 Å². The fourth-order valence-corrected chi connectivity index (χ4v) is 3.56. The lowest BCUT2D eigenvalue weighted by Crippen LogP contribution is -2.43. The lowest BCUT2D eigenvalue weighted by Gasteiger charge is -2.19. The van der Waals surface area contributed by atoms with Crippen LogP contribution in [-0.2, 0) is 19.4 Å². The lowest BCUT2D eigenvalue weighted by atomic mass is 10.1. The summed E-state index contributed by atoms with van der Waals surface area (Å²) < 4.78 is 29.7. The maximum absolute atomic E-state index is 12.1. The van der Waals surface area contributed by atoms with Crippen molar-refractivity contribution in [1.82, 2.24) is 5.32 Å². The van der Waals surface area contributed by atoms with Crippen LogP contribution >= 0.6 is 11.6 Å². The minimum Gasteiger partial charge on any atom is -0.376 e. The monoisotopic (exact) mass is 331 g/mol. The van der Waals surface area contributed by atoms with Crippen molar-refractivity contribution in [2.45, 2.75) is 36.8 Å². The number of carbonyl (C=O) groups is 1. The average molecular weight is 332 g/mol. The second-order valence-electron chi connectivity index (χ2n) is 5.12. The van der Waals surface area contributed by atoms with E-state index in [9.17, 15) is 13.2 Å². The van der Waals surface area contributed by atoms with Gasteiger partial charge in [-0.25, -0.2) is 8.42 Å². The van der Waals surface area contributed by atoms with Crippen LogP contribution in [-0.4, -0.2) is 38.8 Å². The van der Waals surface area contributed by atoms with E-state index in [0.29, 0.717) is 11.6 Å². The second kappa shape index (κ2) is 6.77. The number of ether oxygens (including phenoxy) is 1. The van der Waals surface area contributed by atoms with Crippen molar-refractivity contribution in [2.24, 2.45) is 0 Å². The zero-order valence-electron chi connectivity index (χ0n) is 11.7. The largest absolute Gasteiger partial charge is 0.376 e. The van der Waals surface area contributed by atoms with Crippen LogP contribution in [0, 0.1) is 0 Å². The third kappa shape index (κ3) is 4.43. The molecule has 1 aromatic rings. The summed E-state index contributed by atoms with van der Waals surface area (Å²) in [6, 6.07) is 5.58. The Kier molecular flexibility index (Phi) is 5.24. The van der Waals surface area contributed by atoms with E-state index in [4.69, 9.17) is 16.3 Å². The van der Waals surface area contributed by atoms with Crippen LogP contribution in [0.2, 0.25) is 5.02 Å². The second-order valence-corrected chi connectivity index (χ2v) is 7.55. The molecule has 1 amide bonds. The molecular weight excluding hydrogens is 314 g/mol. The summed E-state index contributed by atoms with van der Waals surface area (Å²) in [5.41, 5.74) is 0. The number of halogens is 1. The standard InChI is InChI=1S/C14H18ClNO4S/c1-10(13-3-2-8-20-13)16-14(17)9-21(18,19)12-6-4-11(15)5-7-12/h4-7,10,13H,2-3,8-9H2,1H3,(H,16,17)/t10-,13+/m1/s1. The summed E-state index contributed by atoms with van der Waals surface area (Å²) in [6.07, 6.45) is 1.81. The van der Waals surface area contributed by atoms with Gasteiger partial charge in [0, 0.05) is 11.6 Å². The van der Waals surface area contributed by atoms with E-state index in [1.165, 1.54) is 24.3 Å². The zero-order chi connectivity index (χ0) is 15.5. The first-order chi connectivity index (χ1) is 9.88. The van der Waals surface area contributed by atoms with Gasteiger partial charge in [0.15, 0.2) is 9.84 Å². The minimum atomic E-state index is -3.66. The van der Waals surface area contributed by atoms with Gasteiger partial charge >= 0.3 is 0 Å². The number of benzene rings is 1. The number of carbonyl (C=O) groups excluding carboxylic acids is 1. The summed E-state index contributed by atoms with van der Waals surface area (Å²) in [5.74, 6) is -1.10. The highest BCUT2D eigenvalue weighted by molar-refractivity contribution is 7.92. The highest BCUT2D eigenvalue weighted by atomic mass is 35.5. The average Bonchev–Trinajstić information content (AvgIpc) is 2.92. The fraction of sp³-hybridized carbons (Fsp3) is 0.500. The van der Waals surface area contributed by atoms with Crippen LogP contribution in [0.1, 0.15) is 19.8 Å². The summed E-state index contributed by atoms with van der Waals surface area (Å²) in [7, 11) is -3.66. The van der Waals surface area contributed by atoms with Gasteiger partial charge in [0.1, 0.15) is 5.75 Å². The normalized spacial score (nSPS) is 20.2. The molecule has 116 valence electrons. The van der Waals surface area contributed by atoms with Crippen molar-refractivity contribution >= 4 is 27.3 Å². The van der Waals surface area contributed by atoms with Gasteiger partial charge in [0.2, 0.25) is 5.91 Å². The molecule has 7 heteroatoms. The Hall–Kier alpha value is -1.11. The molecular formula is C14H18ClNO4S. The Balaban J connectivity index is 1.96. The number of hydrogen-bond acceptors (Lipinski definition) is 4. The predicted molar refractivity (Wildman–Crippen MR) is 80.1 cm³/mol. The van der Waals surface area contributed by atoms with Crippen molar-refractivity contribution < 1.29 is 17.9 Å². The molecule has 1 aliphatic rings. The predicted octanol–water partition coefficient (Wildman–Crippen LogP) is 1.80. The van der Waals surface area contributed by atoms with Crippen LogP contribution in [0.3, 0.4) is 0 Å². The number of sulfone groups is 1. The van der Waals surface area contributed by atoms with Crippen LogP contribution < -0.4 is 5.32 Å². The maximum atomic E-state index is 12.1. The van der Waals surface area contributed by atoms with E-state index in [2.05, 4.69) is 5.32 Å². The quantitative estimate of drug-likeness (QED) is 0.893. The van der Waals surface area contributed by atoms with Gasteiger partial charge in [-0.05, 0) is 44.0 Å². The highest BCUT2D eigenvalue weighted by Gasteiger charge is 2.26. The molecule has 1 aliphatic heterocycles. The number of hydrogen-bond donors (Lipinski definition) is 1. The van der Waals surface area contributed by atoms with Gasteiger partial charge in [-0.15, -0.1) is 0 Å². The Labute approximate surface area is 129 Å². The van der Waals surface area contributed by atoms with E-state index < -0.39 is 21.5 Å². The molecule has 5 nitrogen and oxygen atoms in total. The third-order valence-electron chi connectivity index (χ3n) is 3.41. The highest BCUT2D eigenvalue weighted by Crippen LogP contribution is 2.17. The molecule has 0 aromatic heterocycles. The smallest absolute Gasteiger partial charge is 0.235 e. The molecule has 1 heterocycles. The minimum absolute atomic E-state index is 0.0350. The van der Waals surface area contributed by atoms with Gasteiger partial charge in [0.25, 0.3) is 0 Å².